The number of amides is 1. The lowest BCUT2D eigenvalue weighted by Gasteiger charge is -2.07. The number of aliphatic carboxylic acids is 1. The molecule has 1 amide bonds. The summed E-state index contributed by atoms with van der Waals surface area (Å²) in [6, 6.07) is 1.54. The fourth-order valence-electron chi connectivity index (χ4n) is 1.36. The zero-order valence-corrected chi connectivity index (χ0v) is 12.1. The van der Waals surface area contributed by atoms with E-state index in [0.29, 0.717) is 6.07 Å². The highest BCUT2D eigenvalue weighted by atomic mass is 79.9. The SMILES string of the molecule is O=C(O)COCCNC(=O)c1cc(F)cc([N+](=O)[O-])c1Br. The number of benzene rings is 1. The molecule has 1 aromatic carbocycles. The number of hydrogen-bond acceptors (Lipinski definition) is 5. The average Bonchev–Trinajstić information content (AvgIpc) is 2.39. The van der Waals surface area contributed by atoms with Gasteiger partial charge in [-0.3, -0.25) is 14.9 Å². The highest BCUT2D eigenvalue weighted by Gasteiger charge is 2.21. The molecule has 0 atom stereocenters. The Kier molecular flexibility index (Phi) is 6.18. The number of nitrogens with one attached hydrogen (secondary N) is 1. The number of nitro benzene ring substituents is 1. The molecule has 10 heteroatoms. The van der Waals surface area contributed by atoms with E-state index in [4.69, 9.17) is 5.11 Å². The number of ether oxygens (including phenoxy) is 1. The van der Waals surface area contributed by atoms with Gasteiger partial charge in [0.15, 0.2) is 0 Å². The summed E-state index contributed by atoms with van der Waals surface area (Å²) in [5, 5.41) is 21.4. The molecule has 0 aliphatic heterocycles. The quantitative estimate of drug-likeness (QED) is 0.428. The maximum absolute atomic E-state index is 13.3. The Morgan fingerprint density at radius 2 is 2.14 bits per heavy atom. The Bertz CT molecular complexity index is 580. The second kappa shape index (κ2) is 7.64. The Morgan fingerprint density at radius 1 is 1.48 bits per heavy atom. The number of hydrogen-bond donors (Lipinski definition) is 2. The van der Waals surface area contributed by atoms with Crippen molar-refractivity contribution in [3.63, 3.8) is 0 Å². The number of carboxylic acids is 1. The summed E-state index contributed by atoms with van der Waals surface area (Å²) >= 11 is 2.88. The van der Waals surface area contributed by atoms with Gasteiger partial charge in [-0.05, 0) is 22.0 Å². The molecule has 0 spiro atoms. The summed E-state index contributed by atoms with van der Waals surface area (Å²) in [4.78, 5) is 31.9. The average molecular weight is 365 g/mol. The van der Waals surface area contributed by atoms with Crippen molar-refractivity contribution in [1.29, 1.82) is 0 Å². The Labute approximate surface area is 126 Å². The lowest BCUT2D eigenvalue weighted by Crippen LogP contribution is -2.28. The minimum Gasteiger partial charge on any atom is -0.480 e. The molecule has 8 nitrogen and oxygen atoms in total. The van der Waals surface area contributed by atoms with Crippen molar-refractivity contribution in [2.75, 3.05) is 19.8 Å². The Morgan fingerprint density at radius 3 is 2.71 bits per heavy atom. The highest BCUT2D eigenvalue weighted by molar-refractivity contribution is 9.10. The molecule has 0 saturated carbocycles. The smallest absolute Gasteiger partial charge is 0.329 e. The molecule has 0 radical (unpaired) electrons. The van der Waals surface area contributed by atoms with E-state index >= 15 is 0 Å². The molecule has 0 fully saturated rings. The summed E-state index contributed by atoms with van der Waals surface area (Å²) in [5.74, 6) is -2.81. The molecule has 0 bridgehead atoms. The molecule has 0 unspecified atom stereocenters. The van der Waals surface area contributed by atoms with Gasteiger partial charge in [0, 0.05) is 6.54 Å². The molecule has 114 valence electrons. The zero-order chi connectivity index (χ0) is 16.0. The third-order valence-corrected chi connectivity index (χ3v) is 3.05. The summed E-state index contributed by atoms with van der Waals surface area (Å²) < 4.78 is 17.8. The third-order valence-electron chi connectivity index (χ3n) is 2.22. The molecule has 0 saturated heterocycles. The minimum atomic E-state index is -1.15. The monoisotopic (exact) mass is 364 g/mol. The number of halogens is 2. The van der Waals surface area contributed by atoms with Crippen LogP contribution < -0.4 is 5.32 Å². The highest BCUT2D eigenvalue weighted by Crippen LogP contribution is 2.29. The third kappa shape index (κ3) is 5.08. The van der Waals surface area contributed by atoms with Crippen molar-refractivity contribution in [1.82, 2.24) is 5.32 Å². The first-order valence-electron chi connectivity index (χ1n) is 5.54. The van der Waals surface area contributed by atoms with Crippen molar-refractivity contribution in [2.45, 2.75) is 0 Å². The van der Waals surface area contributed by atoms with E-state index in [-0.39, 0.29) is 23.2 Å². The summed E-state index contributed by atoms with van der Waals surface area (Å²) in [7, 11) is 0. The number of carbonyl (C=O) groups excluding carboxylic acids is 1. The number of nitro groups is 1. The van der Waals surface area contributed by atoms with Gasteiger partial charge in [0.2, 0.25) is 0 Å². The zero-order valence-electron chi connectivity index (χ0n) is 10.5. The first kappa shape index (κ1) is 17.0. The summed E-state index contributed by atoms with van der Waals surface area (Å²) in [6.45, 7) is -0.596. The van der Waals surface area contributed by atoms with Crippen molar-refractivity contribution in [3.8, 4) is 0 Å². The van der Waals surface area contributed by atoms with Crippen molar-refractivity contribution in [2.24, 2.45) is 0 Å². The van der Waals surface area contributed by atoms with E-state index in [2.05, 4.69) is 26.0 Å². The molecule has 1 aromatic rings. The topological polar surface area (TPSA) is 119 Å². The number of nitrogens with zero attached hydrogens (tertiary/aromatic N) is 1. The van der Waals surface area contributed by atoms with Gasteiger partial charge in [0.25, 0.3) is 11.6 Å². The predicted molar refractivity (Wildman–Crippen MR) is 71.5 cm³/mol. The van der Waals surface area contributed by atoms with Crippen LogP contribution in [0.3, 0.4) is 0 Å². The molecule has 1 rings (SSSR count). The van der Waals surface area contributed by atoms with E-state index in [1.54, 1.807) is 0 Å². The van der Waals surface area contributed by atoms with Gasteiger partial charge in [-0.2, -0.15) is 0 Å². The van der Waals surface area contributed by atoms with Crippen molar-refractivity contribution >= 4 is 33.5 Å². The van der Waals surface area contributed by atoms with E-state index in [1.165, 1.54) is 0 Å². The minimum absolute atomic E-state index is 0.0249. The normalized spacial score (nSPS) is 10.2. The van der Waals surface area contributed by atoms with Crippen LogP contribution in [0.15, 0.2) is 16.6 Å². The molecule has 0 heterocycles. The fraction of sp³-hybridized carbons (Fsp3) is 0.273. The van der Waals surface area contributed by atoms with Crippen molar-refractivity contribution < 1.29 is 28.7 Å². The molecular weight excluding hydrogens is 355 g/mol. The lowest BCUT2D eigenvalue weighted by atomic mass is 10.2. The van der Waals surface area contributed by atoms with Crippen LogP contribution in [0.2, 0.25) is 0 Å². The molecule has 21 heavy (non-hydrogen) atoms. The van der Waals surface area contributed by atoms with Crippen LogP contribution in [-0.4, -0.2) is 41.7 Å². The van der Waals surface area contributed by atoms with Crippen LogP contribution in [-0.2, 0) is 9.53 Å². The molecular formula is C11H10BrFN2O6. The van der Waals surface area contributed by atoms with Gasteiger partial charge in [-0.1, -0.05) is 0 Å². The first-order valence-corrected chi connectivity index (χ1v) is 6.33. The Balaban J connectivity index is 2.70. The molecule has 0 aromatic heterocycles. The Hall–Kier alpha value is -2.07. The van der Waals surface area contributed by atoms with Gasteiger partial charge < -0.3 is 15.2 Å². The number of carbonyl (C=O) groups is 2. The number of carboxylic acid groups (broad SMARTS) is 1. The standard InChI is InChI=1S/C11H10BrFN2O6/c12-10-7(3-6(13)4-8(10)15(19)20)11(18)14-1-2-21-5-9(16)17/h3-4H,1-2,5H2,(H,14,18)(H,16,17). The van der Waals surface area contributed by atoms with Crippen molar-refractivity contribution in [3.05, 3.63) is 38.1 Å². The predicted octanol–water partition coefficient (Wildman–Crippen LogP) is 1.33. The van der Waals surface area contributed by atoms with E-state index in [9.17, 15) is 24.1 Å². The molecule has 0 aliphatic carbocycles. The number of rotatable bonds is 7. The maximum Gasteiger partial charge on any atom is 0.329 e. The van der Waals surface area contributed by atoms with E-state index < -0.39 is 34.9 Å². The van der Waals surface area contributed by atoms with Gasteiger partial charge >= 0.3 is 5.97 Å². The largest absolute Gasteiger partial charge is 0.480 e. The van der Waals surface area contributed by atoms with E-state index in [0.717, 1.165) is 6.07 Å². The fourth-order valence-corrected chi connectivity index (χ4v) is 1.92. The second-order valence-electron chi connectivity index (χ2n) is 3.75. The van der Waals surface area contributed by atoms with Crippen LogP contribution in [0.1, 0.15) is 10.4 Å². The molecule has 0 aliphatic rings. The summed E-state index contributed by atoms with van der Waals surface area (Å²) in [6.07, 6.45) is 0. The van der Waals surface area contributed by atoms with Crippen LogP contribution >= 0.6 is 15.9 Å². The van der Waals surface area contributed by atoms with Gasteiger partial charge in [0.1, 0.15) is 16.9 Å². The molecule has 2 N–H and O–H groups in total. The van der Waals surface area contributed by atoms with Gasteiger partial charge in [-0.25, -0.2) is 9.18 Å². The van der Waals surface area contributed by atoms with Gasteiger partial charge in [-0.15, -0.1) is 0 Å². The van der Waals surface area contributed by atoms with Crippen LogP contribution in [0, 0.1) is 15.9 Å². The van der Waals surface area contributed by atoms with Crippen LogP contribution in [0.5, 0.6) is 0 Å². The van der Waals surface area contributed by atoms with Crippen LogP contribution in [0.25, 0.3) is 0 Å². The second-order valence-corrected chi connectivity index (χ2v) is 4.54. The lowest BCUT2D eigenvalue weighted by molar-refractivity contribution is -0.385. The van der Waals surface area contributed by atoms with Crippen LogP contribution in [0.4, 0.5) is 10.1 Å². The maximum atomic E-state index is 13.3. The first-order chi connectivity index (χ1) is 9.82. The van der Waals surface area contributed by atoms with Gasteiger partial charge in [0.05, 0.1) is 23.2 Å². The summed E-state index contributed by atoms with van der Waals surface area (Å²) in [5.41, 5.74) is -0.804. The van der Waals surface area contributed by atoms with E-state index in [1.807, 2.05) is 0 Å².